The van der Waals surface area contributed by atoms with E-state index in [1.165, 1.54) is 19.4 Å². The van der Waals surface area contributed by atoms with Gasteiger partial charge in [-0.1, -0.05) is 37.1 Å². The molecule has 0 saturated carbocycles. The van der Waals surface area contributed by atoms with Gasteiger partial charge in [-0.2, -0.15) is 0 Å². The van der Waals surface area contributed by atoms with E-state index in [2.05, 4.69) is 16.8 Å². The molecule has 1 aromatic heterocycles. The minimum absolute atomic E-state index is 0. The number of ether oxygens (including phenoxy) is 1. The highest BCUT2D eigenvalue weighted by Gasteiger charge is 2.23. The molecule has 1 aliphatic heterocycles. The van der Waals surface area contributed by atoms with Crippen molar-refractivity contribution in [3.8, 4) is 0 Å². The average molecular weight is 399 g/mol. The van der Waals surface area contributed by atoms with E-state index >= 15 is 0 Å². The number of unbranched alkanes of at least 4 members (excludes halogenated alkanes) is 1. The molecular weight excluding hydrogens is 371 g/mol. The molecule has 26 heavy (non-hydrogen) atoms. The number of carbonyl (C=O) groups excluding carboxylic acids is 1. The van der Waals surface area contributed by atoms with E-state index in [0.29, 0.717) is 23.2 Å². The molecule has 0 unspecified atom stereocenters. The Morgan fingerprint density at radius 2 is 2.08 bits per heavy atom. The summed E-state index contributed by atoms with van der Waals surface area (Å²) in [5, 5.41) is 1.23. The van der Waals surface area contributed by atoms with Crippen molar-refractivity contribution in [2.45, 2.75) is 39.5 Å². The van der Waals surface area contributed by atoms with Crippen LogP contribution < -0.4 is 0 Å². The lowest BCUT2D eigenvalue weighted by molar-refractivity contribution is 0.0374. The minimum atomic E-state index is -0.320. The molecular formula is C20H28Cl2N2O2. The van der Waals surface area contributed by atoms with Crippen LogP contribution in [0.4, 0.5) is 0 Å². The highest BCUT2D eigenvalue weighted by Crippen LogP contribution is 2.30. The molecule has 0 amide bonds. The molecule has 1 N–H and O–H groups in total. The van der Waals surface area contributed by atoms with Crippen LogP contribution in [-0.2, 0) is 4.74 Å². The van der Waals surface area contributed by atoms with E-state index in [9.17, 15) is 4.79 Å². The number of H-pyrrole nitrogens is 1. The van der Waals surface area contributed by atoms with Crippen molar-refractivity contribution in [3.05, 3.63) is 34.5 Å². The predicted octanol–water partition coefficient (Wildman–Crippen LogP) is 5.22. The smallest absolute Gasteiger partial charge is 0.341 e. The van der Waals surface area contributed by atoms with Crippen LogP contribution in [0.1, 0.15) is 48.5 Å². The van der Waals surface area contributed by atoms with E-state index in [4.69, 9.17) is 16.3 Å². The first-order valence-electron chi connectivity index (χ1n) is 9.26. The molecule has 1 aliphatic rings. The van der Waals surface area contributed by atoms with E-state index in [1.807, 2.05) is 25.1 Å². The maximum Gasteiger partial charge on any atom is 0.341 e. The molecule has 3 rings (SSSR count). The Balaban J connectivity index is 0.00000243. The van der Waals surface area contributed by atoms with Crippen molar-refractivity contribution in [3.63, 3.8) is 0 Å². The summed E-state index contributed by atoms with van der Waals surface area (Å²) in [6, 6.07) is 5.86. The number of hydrogen-bond acceptors (Lipinski definition) is 3. The predicted molar refractivity (Wildman–Crippen MR) is 110 cm³/mol. The molecule has 0 spiro atoms. The largest absolute Gasteiger partial charge is 0.462 e. The summed E-state index contributed by atoms with van der Waals surface area (Å²) in [5.41, 5.74) is 2.37. The number of esters is 1. The number of likely N-dealkylation sites (tertiary alicyclic amines) is 1. The third kappa shape index (κ3) is 4.73. The van der Waals surface area contributed by atoms with Gasteiger partial charge in [-0.15, -0.1) is 12.4 Å². The van der Waals surface area contributed by atoms with E-state index in [-0.39, 0.29) is 18.4 Å². The first kappa shape index (κ1) is 21.1. The van der Waals surface area contributed by atoms with Crippen LogP contribution >= 0.6 is 24.0 Å². The Kier molecular flexibility index (Phi) is 7.81. The number of hydrogen-bond donors (Lipinski definition) is 1. The maximum atomic E-state index is 12.6. The number of nitrogens with zero attached hydrogens (tertiary/aromatic N) is 1. The monoisotopic (exact) mass is 398 g/mol. The number of halogens is 2. The van der Waals surface area contributed by atoms with Gasteiger partial charge in [0.15, 0.2) is 0 Å². The first-order valence-corrected chi connectivity index (χ1v) is 9.64. The molecule has 0 bridgehead atoms. The number of carbonyl (C=O) groups is 1. The van der Waals surface area contributed by atoms with Crippen molar-refractivity contribution in [1.82, 2.24) is 9.88 Å². The molecule has 2 aromatic rings. The van der Waals surface area contributed by atoms with E-state index in [1.54, 1.807) is 0 Å². The second-order valence-corrected chi connectivity index (χ2v) is 7.43. The fourth-order valence-electron chi connectivity index (χ4n) is 3.61. The van der Waals surface area contributed by atoms with Crippen LogP contribution in [0.5, 0.6) is 0 Å². The summed E-state index contributed by atoms with van der Waals surface area (Å²) in [7, 11) is 0. The topological polar surface area (TPSA) is 45.3 Å². The number of rotatable bonds is 6. The highest BCUT2D eigenvalue weighted by atomic mass is 35.5. The number of benzene rings is 1. The Morgan fingerprint density at radius 3 is 2.77 bits per heavy atom. The number of fused-ring (bicyclic) bond motifs is 1. The summed E-state index contributed by atoms with van der Waals surface area (Å²) < 4.78 is 5.62. The molecule has 0 aliphatic carbocycles. The van der Waals surface area contributed by atoms with Crippen molar-refractivity contribution < 1.29 is 9.53 Å². The lowest BCUT2D eigenvalue weighted by Gasteiger charge is -2.31. The number of nitrogens with one attached hydrogen (secondary N) is 1. The summed E-state index contributed by atoms with van der Waals surface area (Å²) in [4.78, 5) is 18.2. The minimum Gasteiger partial charge on any atom is -0.462 e. The van der Waals surface area contributed by atoms with Gasteiger partial charge in [-0.3, -0.25) is 0 Å². The third-order valence-electron chi connectivity index (χ3n) is 5.18. The molecule has 6 heteroatoms. The lowest BCUT2D eigenvalue weighted by atomic mass is 9.97. The average Bonchev–Trinajstić information content (AvgIpc) is 2.96. The first-order chi connectivity index (χ1) is 12.1. The Hall–Kier alpha value is -1.23. The summed E-state index contributed by atoms with van der Waals surface area (Å²) >= 11 is 6.26. The van der Waals surface area contributed by atoms with Gasteiger partial charge in [0.05, 0.1) is 6.61 Å². The zero-order valence-electron chi connectivity index (χ0n) is 15.5. The molecule has 1 saturated heterocycles. The number of aromatic amines is 1. The van der Waals surface area contributed by atoms with Gasteiger partial charge >= 0.3 is 5.97 Å². The van der Waals surface area contributed by atoms with Crippen molar-refractivity contribution in [1.29, 1.82) is 0 Å². The van der Waals surface area contributed by atoms with E-state index in [0.717, 1.165) is 42.4 Å². The second-order valence-electron chi connectivity index (χ2n) is 7.05. The van der Waals surface area contributed by atoms with Gasteiger partial charge in [0.25, 0.3) is 0 Å². The fraction of sp³-hybridized carbons (Fsp3) is 0.550. The van der Waals surface area contributed by atoms with Gasteiger partial charge in [0.1, 0.15) is 10.7 Å². The summed E-state index contributed by atoms with van der Waals surface area (Å²) in [5.74, 6) is 0.130. The van der Waals surface area contributed by atoms with Crippen molar-refractivity contribution in [2.75, 3.05) is 26.2 Å². The van der Waals surface area contributed by atoms with Crippen LogP contribution in [0.25, 0.3) is 10.9 Å². The SMILES string of the molecule is CCCCN1CCC(COC(=O)c2c(Cl)[nH]c3cccc(C)c23)CC1.Cl. The van der Waals surface area contributed by atoms with Crippen LogP contribution in [0.3, 0.4) is 0 Å². The Bertz CT molecular complexity index is 737. The van der Waals surface area contributed by atoms with Crippen LogP contribution in [-0.4, -0.2) is 42.1 Å². The summed E-state index contributed by atoms with van der Waals surface area (Å²) in [6.45, 7) is 8.09. The highest BCUT2D eigenvalue weighted by molar-refractivity contribution is 6.35. The van der Waals surface area contributed by atoms with Gasteiger partial charge < -0.3 is 14.6 Å². The van der Waals surface area contributed by atoms with E-state index < -0.39 is 0 Å². The molecule has 4 nitrogen and oxygen atoms in total. The van der Waals surface area contributed by atoms with Gasteiger partial charge in [0, 0.05) is 10.9 Å². The van der Waals surface area contributed by atoms with Crippen molar-refractivity contribution >= 4 is 40.9 Å². The number of aryl methyl sites for hydroxylation is 1. The zero-order chi connectivity index (χ0) is 17.8. The molecule has 1 fully saturated rings. The number of aromatic nitrogens is 1. The normalized spacial score (nSPS) is 15.8. The maximum absolute atomic E-state index is 12.6. The lowest BCUT2D eigenvalue weighted by Crippen LogP contribution is -2.36. The summed E-state index contributed by atoms with van der Waals surface area (Å²) in [6.07, 6.45) is 4.69. The second kappa shape index (κ2) is 9.63. The fourth-order valence-corrected chi connectivity index (χ4v) is 3.88. The molecule has 0 radical (unpaired) electrons. The number of piperidine rings is 1. The Morgan fingerprint density at radius 1 is 1.35 bits per heavy atom. The van der Waals surface area contributed by atoms with Gasteiger partial charge in [0.2, 0.25) is 0 Å². The zero-order valence-corrected chi connectivity index (χ0v) is 17.1. The van der Waals surface area contributed by atoms with Crippen LogP contribution in [0.2, 0.25) is 5.15 Å². The standard InChI is InChI=1S/C20H27ClN2O2.ClH/c1-3-4-10-23-11-8-15(9-12-23)13-25-20(24)18-17-14(2)6-5-7-16(17)22-19(18)21;/h5-7,15,22H,3-4,8-13H2,1-2H3;1H. The van der Waals surface area contributed by atoms with Crippen LogP contribution in [0.15, 0.2) is 18.2 Å². The van der Waals surface area contributed by atoms with Crippen LogP contribution in [0, 0.1) is 12.8 Å². The molecule has 144 valence electrons. The van der Waals surface area contributed by atoms with Crippen molar-refractivity contribution in [2.24, 2.45) is 5.92 Å². The molecule has 0 atom stereocenters. The molecule has 1 aromatic carbocycles. The molecule has 2 heterocycles. The van der Waals surface area contributed by atoms with Gasteiger partial charge in [-0.25, -0.2) is 4.79 Å². The third-order valence-corrected chi connectivity index (χ3v) is 5.46. The quantitative estimate of drug-likeness (QED) is 0.678. The van der Waals surface area contributed by atoms with Gasteiger partial charge in [-0.05, 0) is 63.4 Å². The Labute approximate surface area is 166 Å².